The molecular formula is C26H32N4O5. The molecule has 3 aromatic rings. The van der Waals surface area contributed by atoms with E-state index in [0.717, 1.165) is 35.9 Å². The highest BCUT2D eigenvalue weighted by atomic mass is 16.5. The molecule has 0 radical (unpaired) electrons. The lowest BCUT2D eigenvalue weighted by Gasteiger charge is -2.34. The molecule has 0 atom stereocenters. The van der Waals surface area contributed by atoms with E-state index in [-0.39, 0.29) is 6.03 Å². The van der Waals surface area contributed by atoms with E-state index in [0.29, 0.717) is 49.3 Å². The molecule has 2 heterocycles. The van der Waals surface area contributed by atoms with Crippen LogP contribution in [0.25, 0.3) is 11.5 Å². The van der Waals surface area contributed by atoms with Crippen molar-refractivity contribution in [3.8, 4) is 28.7 Å². The number of urea groups is 1. The van der Waals surface area contributed by atoms with Crippen molar-refractivity contribution < 1.29 is 23.4 Å². The summed E-state index contributed by atoms with van der Waals surface area (Å²) in [6.07, 6.45) is 0. The zero-order valence-electron chi connectivity index (χ0n) is 20.7. The van der Waals surface area contributed by atoms with E-state index in [1.807, 2.05) is 38.1 Å². The van der Waals surface area contributed by atoms with Crippen molar-refractivity contribution in [1.29, 1.82) is 0 Å². The van der Waals surface area contributed by atoms with Gasteiger partial charge in [0.15, 0.2) is 0 Å². The first-order chi connectivity index (χ1) is 17.0. The molecule has 9 nitrogen and oxygen atoms in total. The molecule has 35 heavy (non-hydrogen) atoms. The predicted octanol–water partition coefficient (Wildman–Crippen LogP) is 4.42. The lowest BCUT2D eigenvalue weighted by Crippen LogP contribution is -2.49. The number of anilines is 1. The summed E-state index contributed by atoms with van der Waals surface area (Å²) in [6, 6.07) is 12.9. The molecule has 0 saturated carbocycles. The number of aromatic nitrogens is 1. The van der Waals surface area contributed by atoms with Gasteiger partial charge in [0.2, 0.25) is 5.89 Å². The number of benzene rings is 2. The molecule has 9 heteroatoms. The van der Waals surface area contributed by atoms with Gasteiger partial charge < -0.3 is 28.8 Å². The first-order valence-corrected chi connectivity index (χ1v) is 11.7. The van der Waals surface area contributed by atoms with Gasteiger partial charge >= 0.3 is 6.03 Å². The SMILES string of the molecule is CCOc1ccc(-c2nc(CN3CCN(C(=O)Nc4cc(OC)ccc4OC)CC3)c(C)o2)cc1. The molecule has 1 fully saturated rings. The first-order valence-electron chi connectivity index (χ1n) is 11.7. The number of hydrogen-bond acceptors (Lipinski definition) is 7. The molecule has 0 bridgehead atoms. The second-order valence-electron chi connectivity index (χ2n) is 8.24. The quantitative estimate of drug-likeness (QED) is 0.511. The van der Waals surface area contributed by atoms with Crippen molar-refractivity contribution >= 4 is 11.7 Å². The molecule has 0 spiro atoms. The standard InChI is InChI=1S/C26H32N4O5/c1-5-34-20-8-6-19(7-9-20)25-27-23(18(2)35-25)17-29-12-14-30(15-13-29)26(31)28-22-16-21(32-3)10-11-24(22)33-4/h6-11,16H,5,12-15,17H2,1-4H3,(H,28,31). The van der Waals surface area contributed by atoms with Crippen molar-refractivity contribution in [2.24, 2.45) is 0 Å². The van der Waals surface area contributed by atoms with Gasteiger partial charge in [-0.1, -0.05) is 0 Å². The fourth-order valence-electron chi connectivity index (χ4n) is 3.99. The molecule has 1 N–H and O–H groups in total. The number of hydrogen-bond donors (Lipinski definition) is 1. The Bertz CT molecular complexity index is 1140. The number of amides is 2. The van der Waals surface area contributed by atoms with Crippen molar-refractivity contribution in [3.05, 3.63) is 53.9 Å². The number of ether oxygens (including phenoxy) is 3. The molecule has 4 rings (SSSR count). The fourth-order valence-corrected chi connectivity index (χ4v) is 3.99. The highest BCUT2D eigenvalue weighted by Gasteiger charge is 2.24. The molecule has 2 amide bonds. The summed E-state index contributed by atoms with van der Waals surface area (Å²) in [5.74, 6) is 3.47. The molecule has 2 aromatic carbocycles. The molecule has 186 valence electrons. The minimum atomic E-state index is -0.161. The van der Waals surface area contributed by atoms with Crippen LogP contribution >= 0.6 is 0 Å². The average Bonchev–Trinajstić information content (AvgIpc) is 3.24. The maximum atomic E-state index is 12.8. The lowest BCUT2D eigenvalue weighted by molar-refractivity contribution is 0.141. The Morgan fingerprint density at radius 2 is 1.74 bits per heavy atom. The van der Waals surface area contributed by atoms with E-state index in [9.17, 15) is 4.79 Å². The molecule has 0 unspecified atom stereocenters. The molecule has 1 saturated heterocycles. The number of oxazole rings is 1. The third kappa shape index (κ3) is 5.86. The van der Waals surface area contributed by atoms with Crippen LogP contribution in [0.1, 0.15) is 18.4 Å². The predicted molar refractivity (Wildman–Crippen MR) is 133 cm³/mol. The van der Waals surface area contributed by atoms with Crippen molar-refractivity contribution in [2.45, 2.75) is 20.4 Å². The molecule has 1 aliphatic heterocycles. The number of aryl methyl sites for hydroxylation is 1. The van der Waals surface area contributed by atoms with Gasteiger partial charge in [0, 0.05) is 44.4 Å². The van der Waals surface area contributed by atoms with Gasteiger partial charge in [-0.15, -0.1) is 0 Å². The third-order valence-corrected chi connectivity index (χ3v) is 5.99. The van der Waals surface area contributed by atoms with Gasteiger partial charge in [-0.2, -0.15) is 0 Å². The van der Waals surface area contributed by atoms with Crippen LogP contribution in [0.3, 0.4) is 0 Å². The van der Waals surface area contributed by atoms with E-state index in [1.54, 1.807) is 37.3 Å². The van der Waals surface area contributed by atoms with E-state index in [2.05, 4.69) is 10.2 Å². The average molecular weight is 481 g/mol. The lowest BCUT2D eigenvalue weighted by atomic mass is 10.2. The topological polar surface area (TPSA) is 89.3 Å². The van der Waals surface area contributed by atoms with Gasteiger partial charge in [0.25, 0.3) is 0 Å². The summed E-state index contributed by atoms with van der Waals surface area (Å²) in [4.78, 5) is 21.7. The summed E-state index contributed by atoms with van der Waals surface area (Å²) >= 11 is 0. The Labute approximate surface area is 205 Å². The van der Waals surface area contributed by atoms with Crippen LogP contribution in [0.4, 0.5) is 10.5 Å². The van der Waals surface area contributed by atoms with E-state index in [1.165, 1.54) is 0 Å². The van der Waals surface area contributed by atoms with Crippen LogP contribution < -0.4 is 19.5 Å². The number of rotatable bonds is 8. The van der Waals surface area contributed by atoms with E-state index < -0.39 is 0 Å². The summed E-state index contributed by atoms with van der Waals surface area (Å²) in [6.45, 7) is 7.91. The molecule has 1 aliphatic rings. The second-order valence-corrected chi connectivity index (χ2v) is 8.24. The van der Waals surface area contributed by atoms with Gasteiger partial charge in [-0.05, 0) is 50.2 Å². The fraction of sp³-hybridized carbons (Fsp3) is 0.385. The van der Waals surface area contributed by atoms with Gasteiger partial charge in [-0.25, -0.2) is 9.78 Å². The number of piperazine rings is 1. The molecular weight excluding hydrogens is 448 g/mol. The molecule has 1 aromatic heterocycles. The Morgan fingerprint density at radius 1 is 1.03 bits per heavy atom. The number of carbonyl (C=O) groups is 1. The highest BCUT2D eigenvalue weighted by molar-refractivity contribution is 5.91. The summed E-state index contributed by atoms with van der Waals surface area (Å²) in [7, 11) is 3.16. The summed E-state index contributed by atoms with van der Waals surface area (Å²) < 4.78 is 22.1. The second kappa shape index (κ2) is 11.1. The van der Waals surface area contributed by atoms with Gasteiger partial charge in [0.1, 0.15) is 23.0 Å². The summed E-state index contributed by atoms with van der Waals surface area (Å²) in [5, 5.41) is 2.94. The van der Waals surface area contributed by atoms with E-state index in [4.69, 9.17) is 23.6 Å². The normalized spacial score (nSPS) is 14.0. The minimum Gasteiger partial charge on any atom is -0.497 e. The van der Waals surface area contributed by atoms with Gasteiger partial charge in [0.05, 0.1) is 32.2 Å². The monoisotopic (exact) mass is 480 g/mol. The Hall–Kier alpha value is -3.72. The number of nitrogens with zero attached hydrogens (tertiary/aromatic N) is 3. The number of carbonyl (C=O) groups excluding carboxylic acids is 1. The highest BCUT2D eigenvalue weighted by Crippen LogP contribution is 2.29. The zero-order chi connectivity index (χ0) is 24.8. The zero-order valence-corrected chi connectivity index (χ0v) is 20.7. The Balaban J connectivity index is 1.33. The largest absolute Gasteiger partial charge is 0.497 e. The third-order valence-electron chi connectivity index (χ3n) is 5.99. The number of methoxy groups -OCH3 is 2. The smallest absolute Gasteiger partial charge is 0.322 e. The summed E-state index contributed by atoms with van der Waals surface area (Å²) in [5.41, 5.74) is 2.41. The minimum absolute atomic E-state index is 0.161. The van der Waals surface area contributed by atoms with Crippen LogP contribution in [0, 0.1) is 6.92 Å². The Morgan fingerprint density at radius 3 is 2.40 bits per heavy atom. The molecule has 0 aliphatic carbocycles. The van der Waals surface area contributed by atoms with Crippen LogP contribution in [0.5, 0.6) is 17.2 Å². The maximum absolute atomic E-state index is 12.8. The maximum Gasteiger partial charge on any atom is 0.322 e. The Kier molecular flexibility index (Phi) is 7.77. The van der Waals surface area contributed by atoms with Crippen molar-refractivity contribution in [2.75, 3.05) is 52.3 Å². The van der Waals surface area contributed by atoms with Crippen LogP contribution in [-0.4, -0.2) is 67.8 Å². The van der Waals surface area contributed by atoms with Crippen molar-refractivity contribution in [3.63, 3.8) is 0 Å². The number of nitrogens with one attached hydrogen (secondary N) is 1. The van der Waals surface area contributed by atoms with Crippen LogP contribution in [-0.2, 0) is 6.54 Å². The van der Waals surface area contributed by atoms with Crippen LogP contribution in [0.15, 0.2) is 46.9 Å². The first kappa shape index (κ1) is 24.4. The van der Waals surface area contributed by atoms with Gasteiger partial charge in [-0.3, -0.25) is 4.90 Å². The van der Waals surface area contributed by atoms with Crippen molar-refractivity contribution in [1.82, 2.24) is 14.8 Å². The van der Waals surface area contributed by atoms with E-state index >= 15 is 0 Å². The van der Waals surface area contributed by atoms with Crippen LogP contribution in [0.2, 0.25) is 0 Å².